The molecule has 10 heavy (non-hydrogen) atoms. The van der Waals surface area contributed by atoms with Crippen molar-refractivity contribution >= 4 is 5.97 Å². The van der Waals surface area contributed by atoms with Gasteiger partial charge >= 0.3 is 5.97 Å². The molecule has 1 heterocycles. The highest BCUT2D eigenvalue weighted by Crippen LogP contribution is 2.04. The highest BCUT2D eigenvalue weighted by Gasteiger charge is 2.12. The fourth-order valence-corrected chi connectivity index (χ4v) is 0.534. The van der Waals surface area contributed by atoms with Gasteiger partial charge in [0.25, 0.3) is 0 Å². The minimum atomic E-state index is -0.529. The molecule has 4 heteroatoms. The first kappa shape index (κ1) is 6.80. The zero-order chi connectivity index (χ0) is 7.56. The molecule has 0 saturated heterocycles. The van der Waals surface area contributed by atoms with Gasteiger partial charge in [-0.2, -0.15) is 0 Å². The van der Waals surface area contributed by atoms with Crippen LogP contribution in [0.1, 0.15) is 16.2 Å². The maximum atomic E-state index is 10.7. The van der Waals surface area contributed by atoms with Crippen LogP contribution in [0.4, 0.5) is 0 Å². The van der Waals surface area contributed by atoms with Gasteiger partial charge in [-0.15, -0.1) is 0 Å². The monoisotopic (exact) mass is 140 g/mol. The third-order valence-electron chi connectivity index (χ3n) is 1.02. The second-order valence-corrected chi connectivity index (χ2v) is 1.62. The van der Waals surface area contributed by atoms with Gasteiger partial charge in [0, 0.05) is 6.92 Å². The van der Waals surface area contributed by atoms with E-state index in [1.54, 1.807) is 0 Å². The van der Waals surface area contributed by atoms with Gasteiger partial charge in [0.2, 0.25) is 0 Å². The van der Waals surface area contributed by atoms with Crippen LogP contribution in [0.5, 0.6) is 0 Å². The lowest BCUT2D eigenvalue weighted by atomic mass is 10.4. The van der Waals surface area contributed by atoms with Gasteiger partial charge in [-0.25, -0.2) is 9.78 Å². The van der Waals surface area contributed by atoms with Gasteiger partial charge < -0.3 is 9.15 Å². The average Bonchev–Trinajstić information content (AvgIpc) is 2.34. The highest BCUT2D eigenvalue weighted by atomic mass is 16.5. The molecule has 0 unspecified atom stereocenters. The number of hydrogen-bond donors (Lipinski definition) is 0. The van der Waals surface area contributed by atoms with Crippen LogP contribution in [0.15, 0.2) is 10.8 Å². The summed E-state index contributed by atoms with van der Waals surface area (Å²) in [7, 11) is 1.27. The summed E-state index contributed by atoms with van der Waals surface area (Å²) < 4.78 is 9.04. The number of ether oxygens (including phenoxy) is 1. The van der Waals surface area contributed by atoms with Gasteiger partial charge in [0.1, 0.15) is 5.76 Å². The number of carbonyl (C=O) groups is 1. The third-order valence-corrected chi connectivity index (χ3v) is 1.02. The van der Waals surface area contributed by atoms with Crippen molar-refractivity contribution in [2.45, 2.75) is 0 Å². The Morgan fingerprint density at radius 3 is 3.00 bits per heavy atom. The van der Waals surface area contributed by atoms with Crippen LogP contribution in [0.3, 0.4) is 0 Å². The van der Waals surface area contributed by atoms with Gasteiger partial charge in [0.15, 0.2) is 12.1 Å². The maximum Gasteiger partial charge on any atom is 0.360 e. The molecule has 0 amide bonds. The summed E-state index contributed by atoms with van der Waals surface area (Å²) in [6.45, 7) is 3.42. The van der Waals surface area contributed by atoms with Crippen LogP contribution in [-0.2, 0) is 4.74 Å². The Kier molecular flexibility index (Phi) is 1.71. The second kappa shape index (κ2) is 2.51. The molecular formula is C6H6NO3. The second-order valence-electron chi connectivity index (χ2n) is 1.62. The molecule has 1 radical (unpaired) electrons. The van der Waals surface area contributed by atoms with Crippen LogP contribution in [-0.4, -0.2) is 18.1 Å². The molecule has 0 spiro atoms. The number of hydrogen-bond acceptors (Lipinski definition) is 4. The molecule has 0 aliphatic carbocycles. The first-order valence-electron chi connectivity index (χ1n) is 2.59. The zero-order valence-electron chi connectivity index (χ0n) is 5.46. The van der Waals surface area contributed by atoms with Crippen molar-refractivity contribution in [2.24, 2.45) is 0 Å². The summed E-state index contributed by atoms with van der Waals surface area (Å²) in [6.07, 6.45) is 1.15. The summed E-state index contributed by atoms with van der Waals surface area (Å²) in [6, 6.07) is 0. The Bertz CT molecular complexity index is 241. The number of oxazole rings is 1. The Balaban J connectivity index is 2.93. The predicted molar refractivity (Wildman–Crippen MR) is 32.3 cm³/mol. The van der Waals surface area contributed by atoms with Crippen LogP contribution in [0.2, 0.25) is 0 Å². The summed E-state index contributed by atoms with van der Waals surface area (Å²) in [4.78, 5) is 14.3. The van der Waals surface area contributed by atoms with E-state index >= 15 is 0 Å². The van der Waals surface area contributed by atoms with Crippen molar-refractivity contribution in [3.63, 3.8) is 0 Å². The van der Waals surface area contributed by atoms with Crippen molar-refractivity contribution in [2.75, 3.05) is 7.11 Å². The molecule has 0 fully saturated rings. The van der Waals surface area contributed by atoms with E-state index in [-0.39, 0.29) is 11.5 Å². The van der Waals surface area contributed by atoms with Crippen molar-refractivity contribution in [1.29, 1.82) is 0 Å². The average molecular weight is 140 g/mol. The minimum Gasteiger partial charge on any atom is -0.464 e. The Hall–Kier alpha value is -1.32. The van der Waals surface area contributed by atoms with Crippen molar-refractivity contribution in [3.05, 3.63) is 24.8 Å². The van der Waals surface area contributed by atoms with Gasteiger partial charge in [-0.1, -0.05) is 0 Å². The molecule has 0 N–H and O–H groups in total. The first-order valence-corrected chi connectivity index (χ1v) is 2.59. The van der Waals surface area contributed by atoms with Crippen molar-refractivity contribution in [1.82, 2.24) is 4.98 Å². The molecular weight excluding hydrogens is 134 g/mol. The molecule has 0 aromatic carbocycles. The lowest BCUT2D eigenvalue weighted by Crippen LogP contribution is -2.02. The number of carbonyl (C=O) groups excluding carboxylic acids is 1. The van der Waals surface area contributed by atoms with E-state index < -0.39 is 5.97 Å². The first-order chi connectivity index (χ1) is 4.75. The van der Waals surface area contributed by atoms with Crippen LogP contribution in [0, 0.1) is 6.92 Å². The van der Waals surface area contributed by atoms with E-state index in [9.17, 15) is 4.79 Å². The van der Waals surface area contributed by atoms with Crippen LogP contribution >= 0.6 is 0 Å². The largest absolute Gasteiger partial charge is 0.464 e. The number of methoxy groups -OCH3 is 1. The lowest BCUT2D eigenvalue weighted by Gasteiger charge is -1.91. The normalized spacial score (nSPS) is 9.40. The Labute approximate surface area is 57.8 Å². The molecule has 4 nitrogen and oxygen atoms in total. The Morgan fingerprint density at radius 1 is 1.90 bits per heavy atom. The summed E-state index contributed by atoms with van der Waals surface area (Å²) in [5.41, 5.74) is 0.127. The number of nitrogens with zero attached hydrogens (tertiary/aromatic N) is 1. The van der Waals surface area contributed by atoms with E-state index in [0.717, 1.165) is 6.39 Å². The zero-order valence-corrected chi connectivity index (χ0v) is 5.46. The van der Waals surface area contributed by atoms with E-state index in [1.807, 2.05) is 0 Å². The summed E-state index contributed by atoms with van der Waals surface area (Å²) in [5, 5.41) is 0. The van der Waals surface area contributed by atoms with E-state index in [4.69, 9.17) is 0 Å². The number of esters is 1. The van der Waals surface area contributed by atoms with Crippen molar-refractivity contribution < 1.29 is 13.9 Å². The maximum absolute atomic E-state index is 10.7. The van der Waals surface area contributed by atoms with E-state index in [0.29, 0.717) is 0 Å². The Morgan fingerprint density at radius 2 is 2.60 bits per heavy atom. The fraction of sp³-hybridized carbons (Fsp3) is 0.167. The van der Waals surface area contributed by atoms with E-state index in [1.165, 1.54) is 7.11 Å². The standard InChI is InChI=1S/C6H6NO3/c1-4-5(6(8)9-2)7-3-10-4/h3H,1H2,2H3. The molecule has 1 aromatic heterocycles. The fourth-order valence-electron chi connectivity index (χ4n) is 0.534. The number of rotatable bonds is 1. The SMILES string of the molecule is [CH2]c1ocnc1C(=O)OC. The quantitative estimate of drug-likeness (QED) is 0.537. The van der Waals surface area contributed by atoms with Crippen LogP contribution < -0.4 is 0 Å². The number of aromatic nitrogens is 1. The molecule has 0 saturated carbocycles. The molecule has 0 aliphatic heterocycles. The molecule has 0 atom stereocenters. The van der Waals surface area contributed by atoms with Gasteiger partial charge in [0.05, 0.1) is 7.11 Å². The molecule has 0 aliphatic rings. The van der Waals surface area contributed by atoms with Gasteiger partial charge in [-0.3, -0.25) is 0 Å². The van der Waals surface area contributed by atoms with E-state index in [2.05, 4.69) is 21.1 Å². The molecule has 1 rings (SSSR count). The smallest absolute Gasteiger partial charge is 0.360 e. The lowest BCUT2D eigenvalue weighted by molar-refractivity contribution is 0.0593. The highest BCUT2D eigenvalue weighted by molar-refractivity contribution is 5.88. The summed E-state index contributed by atoms with van der Waals surface area (Å²) in [5.74, 6) is -0.300. The van der Waals surface area contributed by atoms with Crippen molar-refractivity contribution in [3.8, 4) is 0 Å². The third kappa shape index (κ3) is 1.00. The summed E-state index contributed by atoms with van der Waals surface area (Å²) >= 11 is 0. The van der Waals surface area contributed by atoms with Crippen LogP contribution in [0.25, 0.3) is 0 Å². The van der Waals surface area contributed by atoms with Gasteiger partial charge in [-0.05, 0) is 0 Å². The molecule has 53 valence electrons. The molecule has 0 bridgehead atoms. The molecule has 1 aromatic rings. The topological polar surface area (TPSA) is 52.3 Å². The minimum absolute atomic E-state index is 0.127. The predicted octanol–water partition coefficient (Wildman–Crippen LogP) is 0.643.